The monoisotopic (exact) mass is 256 g/mol. The molecule has 0 atom stereocenters. The van der Waals surface area contributed by atoms with Gasteiger partial charge in [0.25, 0.3) is 0 Å². The van der Waals surface area contributed by atoms with Gasteiger partial charge in [0.05, 0.1) is 0 Å². The highest BCUT2D eigenvalue weighted by Gasteiger charge is 2.28. The number of hydrogen-bond donors (Lipinski definition) is 1. The average Bonchev–Trinajstić information content (AvgIpc) is 3.00. The molecule has 1 aromatic rings. The molecule has 76 valence electrons. The van der Waals surface area contributed by atoms with Gasteiger partial charge < -0.3 is 10.2 Å². The van der Waals surface area contributed by atoms with Crippen LogP contribution in [0.5, 0.6) is 0 Å². The Balaban J connectivity index is 2.31. The molecule has 0 saturated heterocycles. The van der Waals surface area contributed by atoms with Crippen molar-refractivity contribution in [2.75, 3.05) is 24.3 Å². The fourth-order valence-electron chi connectivity index (χ4n) is 1.42. The molecule has 0 unspecified atom stereocenters. The first kappa shape index (κ1) is 9.71. The van der Waals surface area contributed by atoms with Gasteiger partial charge in [-0.15, -0.1) is 0 Å². The van der Waals surface area contributed by atoms with E-state index < -0.39 is 0 Å². The highest BCUT2D eigenvalue weighted by molar-refractivity contribution is 9.10. The Labute approximate surface area is 91.9 Å². The van der Waals surface area contributed by atoms with Crippen LogP contribution < -0.4 is 10.2 Å². The number of nitrogens with one attached hydrogen (secondary N) is 1. The number of rotatable bonds is 3. The average molecular weight is 257 g/mol. The smallest absolute Gasteiger partial charge is 0.148 e. The van der Waals surface area contributed by atoms with Gasteiger partial charge in [-0.1, -0.05) is 0 Å². The van der Waals surface area contributed by atoms with E-state index in [4.69, 9.17) is 0 Å². The summed E-state index contributed by atoms with van der Waals surface area (Å²) >= 11 is 3.51. The maximum atomic E-state index is 4.28. The van der Waals surface area contributed by atoms with E-state index in [2.05, 4.69) is 43.2 Å². The Hall–Kier alpha value is -0.840. The largest absolute Gasteiger partial charge is 0.372 e. The van der Waals surface area contributed by atoms with Crippen LogP contribution in [0, 0.1) is 0 Å². The fraction of sp³-hybridized carbons (Fsp3) is 0.556. The molecule has 0 amide bonds. The van der Waals surface area contributed by atoms with E-state index in [-0.39, 0.29) is 0 Å². The van der Waals surface area contributed by atoms with Gasteiger partial charge in [0.1, 0.15) is 22.4 Å². The van der Waals surface area contributed by atoms with Crippen LogP contribution in [0.4, 0.5) is 11.6 Å². The standard InChI is InChI=1S/C9H13BrN4/c1-11-8-7(10)9(13-5-12-8)14(2)6-3-4-6/h5-6H,3-4H2,1-2H3,(H,11,12,13). The summed E-state index contributed by atoms with van der Waals surface area (Å²) in [5.74, 6) is 1.80. The zero-order valence-corrected chi connectivity index (χ0v) is 9.87. The van der Waals surface area contributed by atoms with Crippen LogP contribution in [-0.2, 0) is 0 Å². The molecule has 0 radical (unpaired) electrons. The minimum absolute atomic E-state index is 0.658. The van der Waals surface area contributed by atoms with E-state index >= 15 is 0 Å². The molecular formula is C9H13BrN4. The molecule has 1 aliphatic carbocycles. The Kier molecular flexibility index (Phi) is 2.58. The van der Waals surface area contributed by atoms with Crippen LogP contribution in [0.2, 0.25) is 0 Å². The van der Waals surface area contributed by atoms with Crippen LogP contribution >= 0.6 is 15.9 Å². The van der Waals surface area contributed by atoms with E-state index in [1.165, 1.54) is 12.8 Å². The molecule has 0 spiro atoms. The second-order valence-electron chi connectivity index (χ2n) is 3.45. The molecule has 5 heteroatoms. The van der Waals surface area contributed by atoms with Crippen LogP contribution in [0.25, 0.3) is 0 Å². The van der Waals surface area contributed by atoms with Crippen molar-refractivity contribution >= 4 is 27.6 Å². The molecular weight excluding hydrogens is 244 g/mol. The molecule has 1 N–H and O–H groups in total. The summed E-state index contributed by atoms with van der Waals surface area (Å²) in [6.45, 7) is 0. The minimum Gasteiger partial charge on any atom is -0.372 e. The molecule has 1 aliphatic rings. The fourth-order valence-corrected chi connectivity index (χ4v) is 2.10. The molecule has 1 heterocycles. The first-order chi connectivity index (χ1) is 6.74. The van der Waals surface area contributed by atoms with Crippen molar-refractivity contribution < 1.29 is 0 Å². The predicted octanol–water partition coefficient (Wildman–Crippen LogP) is 1.88. The van der Waals surface area contributed by atoms with E-state index in [1.54, 1.807) is 6.33 Å². The van der Waals surface area contributed by atoms with Crippen molar-refractivity contribution in [3.8, 4) is 0 Å². The maximum absolute atomic E-state index is 4.28. The van der Waals surface area contributed by atoms with E-state index in [1.807, 2.05) is 7.05 Å². The SMILES string of the molecule is CNc1ncnc(N(C)C2CC2)c1Br. The normalized spacial score (nSPS) is 15.4. The summed E-state index contributed by atoms with van der Waals surface area (Å²) in [5, 5.41) is 3.03. The lowest BCUT2D eigenvalue weighted by Gasteiger charge is -2.19. The molecule has 14 heavy (non-hydrogen) atoms. The molecule has 0 bridgehead atoms. The molecule has 0 aromatic carbocycles. The van der Waals surface area contributed by atoms with Crippen molar-refractivity contribution in [1.29, 1.82) is 0 Å². The summed E-state index contributed by atoms with van der Waals surface area (Å²) in [4.78, 5) is 10.6. The van der Waals surface area contributed by atoms with Crippen molar-refractivity contribution in [3.63, 3.8) is 0 Å². The Bertz CT molecular complexity index is 338. The Morgan fingerprint density at radius 3 is 2.79 bits per heavy atom. The topological polar surface area (TPSA) is 41.1 Å². The van der Waals surface area contributed by atoms with Crippen LogP contribution in [0.1, 0.15) is 12.8 Å². The summed E-state index contributed by atoms with van der Waals surface area (Å²) in [5.41, 5.74) is 0. The Morgan fingerprint density at radius 1 is 1.50 bits per heavy atom. The molecule has 0 aliphatic heterocycles. The third kappa shape index (κ3) is 1.68. The van der Waals surface area contributed by atoms with Crippen LogP contribution in [0.3, 0.4) is 0 Å². The Morgan fingerprint density at radius 2 is 2.21 bits per heavy atom. The minimum atomic E-state index is 0.658. The zero-order valence-electron chi connectivity index (χ0n) is 8.29. The van der Waals surface area contributed by atoms with Crippen molar-refractivity contribution in [2.24, 2.45) is 0 Å². The molecule has 4 nitrogen and oxygen atoms in total. The van der Waals surface area contributed by atoms with E-state index in [9.17, 15) is 0 Å². The zero-order chi connectivity index (χ0) is 10.1. The van der Waals surface area contributed by atoms with Gasteiger partial charge in [-0.2, -0.15) is 0 Å². The van der Waals surface area contributed by atoms with Crippen molar-refractivity contribution in [1.82, 2.24) is 9.97 Å². The molecule has 1 aromatic heterocycles. The van der Waals surface area contributed by atoms with Gasteiger partial charge in [-0.05, 0) is 28.8 Å². The van der Waals surface area contributed by atoms with E-state index in [0.717, 1.165) is 16.1 Å². The highest BCUT2D eigenvalue weighted by atomic mass is 79.9. The number of anilines is 2. The van der Waals surface area contributed by atoms with E-state index in [0.29, 0.717) is 6.04 Å². The van der Waals surface area contributed by atoms with Crippen molar-refractivity contribution in [2.45, 2.75) is 18.9 Å². The third-order valence-electron chi connectivity index (χ3n) is 2.44. The van der Waals surface area contributed by atoms with Gasteiger partial charge in [0, 0.05) is 20.1 Å². The molecule has 1 fully saturated rings. The van der Waals surface area contributed by atoms with Gasteiger partial charge in [-0.25, -0.2) is 9.97 Å². The second kappa shape index (κ2) is 3.73. The lowest BCUT2D eigenvalue weighted by atomic mass is 10.4. The lowest BCUT2D eigenvalue weighted by molar-refractivity contribution is 0.881. The lowest BCUT2D eigenvalue weighted by Crippen LogP contribution is -2.21. The quantitative estimate of drug-likeness (QED) is 0.897. The van der Waals surface area contributed by atoms with Crippen LogP contribution in [-0.4, -0.2) is 30.1 Å². The van der Waals surface area contributed by atoms with Crippen molar-refractivity contribution in [3.05, 3.63) is 10.8 Å². The molecule has 2 rings (SSSR count). The second-order valence-corrected chi connectivity index (χ2v) is 4.24. The van der Waals surface area contributed by atoms with Gasteiger partial charge >= 0.3 is 0 Å². The number of halogens is 1. The maximum Gasteiger partial charge on any atom is 0.148 e. The molecule has 1 saturated carbocycles. The number of nitrogens with zero attached hydrogens (tertiary/aromatic N) is 3. The van der Waals surface area contributed by atoms with Gasteiger partial charge in [0.15, 0.2) is 0 Å². The predicted molar refractivity (Wildman–Crippen MR) is 60.7 cm³/mol. The van der Waals surface area contributed by atoms with Gasteiger partial charge in [-0.3, -0.25) is 0 Å². The first-order valence-electron chi connectivity index (χ1n) is 4.65. The van der Waals surface area contributed by atoms with Gasteiger partial charge in [0.2, 0.25) is 0 Å². The van der Waals surface area contributed by atoms with Crippen LogP contribution in [0.15, 0.2) is 10.8 Å². The third-order valence-corrected chi connectivity index (χ3v) is 3.17. The first-order valence-corrected chi connectivity index (χ1v) is 5.44. The summed E-state index contributed by atoms with van der Waals surface area (Å²) in [6.07, 6.45) is 4.12. The summed E-state index contributed by atoms with van der Waals surface area (Å²) in [7, 11) is 3.93. The summed E-state index contributed by atoms with van der Waals surface area (Å²) in [6, 6.07) is 0.658. The summed E-state index contributed by atoms with van der Waals surface area (Å²) < 4.78 is 0.942. The number of hydrogen-bond acceptors (Lipinski definition) is 4. The highest BCUT2D eigenvalue weighted by Crippen LogP contribution is 2.35. The number of aromatic nitrogens is 2.